The van der Waals surface area contributed by atoms with Crippen LogP contribution in [0.5, 0.6) is 0 Å². The number of hydrogen-bond acceptors (Lipinski definition) is 1. The minimum absolute atomic E-state index is 0.0302. The van der Waals surface area contributed by atoms with Gasteiger partial charge < -0.3 is 4.74 Å². The van der Waals surface area contributed by atoms with Gasteiger partial charge in [-0.25, -0.2) is 0 Å². The highest BCUT2D eigenvalue weighted by Gasteiger charge is 2.79. The van der Waals surface area contributed by atoms with Gasteiger partial charge in [-0.15, -0.1) is 0 Å². The summed E-state index contributed by atoms with van der Waals surface area (Å²) in [5.41, 5.74) is 0. The molecular weight excluding hydrogens is 260 g/mol. The smallest absolute Gasteiger partial charge is 0.336 e. The van der Waals surface area contributed by atoms with Crippen molar-refractivity contribution in [3.63, 3.8) is 0 Å². The third-order valence-corrected chi connectivity index (χ3v) is 5.62. The maximum absolute atomic E-state index is 13.6. The molecule has 0 amide bonds. The summed E-state index contributed by atoms with van der Waals surface area (Å²) in [4.78, 5) is 0. The molecule has 0 spiro atoms. The van der Waals surface area contributed by atoms with E-state index in [-0.39, 0.29) is 18.4 Å². The van der Waals surface area contributed by atoms with E-state index in [2.05, 4.69) is 0 Å². The summed E-state index contributed by atoms with van der Waals surface area (Å²) in [6, 6.07) is 0. The predicted octanol–water partition coefficient (Wildman–Crippen LogP) is 4.12. The molecule has 6 atom stereocenters. The summed E-state index contributed by atoms with van der Waals surface area (Å²) in [5, 5.41) is 0. The second-order valence-electron chi connectivity index (χ2n) is 6.47. The Labute approximate surface area is 110 Å². The molecule has 0 radical (unpaired) electrons. The third-order valence-electron chi connectivity index (χ3n) is 5.62. The molecule has 110 valence electrons. The molecule has 2 bridgehead atoms. The second kappa shape index (κ2) is 4.09. The van der Waals surface area contributed by atoms with Gasteiger partial charge in [0, 0.05) is 0 Å². The van der Waals surface area contributed by atoms with Crippen LogP contribution in [0.2, 0.25) is 0 Å². The van der Waals surface area contributed by atoms with E-state index in [1.165, 1.54) is 6.92 Å². The van der Waals surface area contributed by atoms with Crippen LogP contribution in [0.25, 0.3) is 0 Å². The van der Waals surface area contributed by atoms with Gasteiger partial charge in [0.25, 0.3) is 0 Å². The minimum atomic E-state index is -4.00. The number of halogens is 4. The first kappa shape index (κ1) is 13.7. The summed E-state index contributed by atoms with van der Waals surface area (Å²) in [6.07, 6.45) is 1.31. The fraction of sp³-hybridized carbons (Fsp3) is 1.00. The molecule has 3 fully saturated rings. The highest BCUT2D eigenvalue weighted by Crippen LogP contribution is 2.60. The van der Waals surface area contributed by atoms with E-state index in [0.29, 0.717) is 11.8 Å². The molecule has 3 aliphatic carbocycles. The minimum Gasteiger partial charge on any atom is -0.367 e. The molecule has 0 aromatic carbocycles. The number of ether oxygens (including phenoxy) is 1. The highest BCUT2D eigenvalue weighted by molar-refractivity contribution is 5.12. The van der Waals surface area contributed by atoms with Crippen LogP contribution >= 0.6 is 0 Å². The zero-order chi connectivity index (χ0) is 14.0. The van der Waals surface area contributed by atoms with Gasteiger partial charge in [0.15, 0.2) is 0 Å². The van der Waals surface area contributed by atoms with Crippen LogP contribution in [0.15, 0.2) is 0 Å². The largest absolute Gasteiger partial charge is 0.367 e. The van der Waals surface area contributed by atoms with Crippen molar-refractivity contribution in [2.75, 3.05) is 0 Å². The lowest BCUT2D eigenvalue weighted by Crippen LogP contribution is -2.71. The van der Waals surface area contributed by atoms with Crippen molar-refractivity contribution in [3.8, 4) is 0 Å². The lowest BCUT2D eigenvalue weighted by atomic mass is 9.71. The standard InChI is InChI=1S/C14H20F4O/c1-3-10-12(14(17,18)13(10,15)16)19-11-7(2)8-4-5-9(11)6-8/h7-12H,3-6H2,1-2H3. The van der Waals surface area contributed by atoms with Crippen LogP contribution in [0.4, 0.5) is 17.6 Å². The van der Waals surface area contributed by atoms with Crippen molar-refractivity contribution in [2.24, 2.45) is 23.7 Å². The van der Waals surface area contributed by atoms with Crippen molar-refractivity contribution in [2.45, 2.75) is 63.6 Å². The Bertz CT molecular complexity index is 368. The van der Waals surface area contributed by atoms with Gasteiger partial charge in [-0.2, -0.15) is 17.6 Å². The molecule has 0 saturated heterocycles. The van der Waals surface area contributed by atoms with Crippen LogP contribution < -0.4 is 0 Å². The maximum Gasteiger partial charge on any atom is 0.336 e. The molecule has 3 saturated carbocycles. The second-order valence-corrected chi connectivity index (χ2v) is 6.47. The van der Waals surface area contributed by atoms with E-state index in [1.807, 2.05) is 6.92 Å². The Morgan fingerprint density at radius 3 is 2.21 bits per heavy atom. The summed E-state index contributed by atoms with van der Waals surface area (Å²) >= 11 is 0. The van der Waals surface area contributed by atoms with Crippen LogP contribution in [0, 0.1) is 23.7 Å². The molecule has 0 heterocycles. The van der Waals surface area contributed by atoms with Crippen LogP contribution in [0.1, 0.15) is 39.5 Å². The molecule has 0 N–H and O–H groups in total. The fourth-order valence-electron chi connectivity index (χ4n) is 4.36. The van der Waals surface area contributed by atoms with Crippen molar-refractivity contribution < 1.29 is 22.3 Å². The zero-order valence-corrected chi connectivity index (χ0v) is 11.2. The monoisotopic (exact) mass is 280 g/mol. The molecule has 19 heavy (non-hydrogen) atoms. The predicted molar refractivity (Wildman–Crippen MR) is 62.3 cm³/mol. The van der Waals surface area contributed by atoms with Crippen LogP contribution in [0.3, 0.4) is 0 Å². The number of hydrogen-bond donors (Lipinski definition) is 0. The molecule has 0 aliphatic heterocycles. The van der Waals surface area contributed by atoms with Crippen molar-refractivity contribution in [1.29, 1.82) is 0 Å². The van der Waals surface area contributed by atoms with Gasteiger partial charge in [-0.05, 0) is 43.4 Å². The first-order chi connectivity index (χ1) is 8.80. The summed E-state index contributed by atoms with van der Waals surface area (Å²) in [7, 11) is 0. The van der Waals surface area contributed by atoms with Crippen molar-refractivity contribution in [1.82, 2.24) is 0 Å². The first-order valence-corrected chi connectivity index (χ1v) is 7.21. The molecular formula is C14H20F4O. The average molecular weight is 280 g/mol. The van der Waals surface area contributed by atoms with Gasteiger partial charge in [-0.1, -0.05) is 13.8 Å². The van der Waals surface area contributed by atoms with Crippen LogP contribution in [-0.2, 0) is 4.74 Å². The van der Waals surface area contributed by atoms with Crippen LogP contribution in [-0.4, -0.2) is 24.1 Å². The Kier molecular flexibility index (Phi) is 2.94. The number of fused-ring (bicyclic) bond motifs is 2. The third kappa shape index (κ3) is 1.63. The van der Waals surface area contributed by atoms with E-state index in [0.717, 1.165) is 19.3 Å². The number of alkyl halides is 4. The van der Waals surface area contributed by atoms with Gasteiger partial charge in [0.1, 0.15) is 6.10 Å². The lowest BCUT2D eigenvalue weighted by molar-refractivity contribution is -0.388. The molecule has 5 heteroatoms. The molecule has 1 nitrogen and oxygen atoms in total. The first-order valence-electron chi connectivity index (χ1n) is 7.21. The van der Waals surface area contributed by atoms with Crippen molar-refractivity contribution in [3.05, 3.63) is 0 Å². The quantitative estimate of drug-likeness (QED) is 0.707. The molecule has 3 rings (SSSR count). The van der Waals surface area contributed by atoms with E-state index in [1.54, 1.807) is 0 Å². The fourth-order valence-corrected chi connectivity index (χ4v) is 4.36. The zero-order valence-electron chi connectivity index (χ0n) is 11.2. The average Bonchev–Trinajstić information content (AvgIpc) is 2.91. The van der Waals surface area contributed by atoms with Gasteiger partial charge >= 0.3 is 11.8 Å². The van der Waals surface area contributed by atoms with Gasteiger partial charge in [0.2, 0.25) is 0 Å². The van der Waals surface area contributed by atoms with E-state index in [4.69, 9.17) is 4.74 Å². The summed E-state index contributed by atoms with van der Waals surface area (Å²) in [5.74, 6) is -8.20. The Hall–Kier alpha value is -0.320. The highest BCUT2D eigenvalue weighted by atomic mass is 19.3. The number of rotatable bonds is 3. The summed E-state index contributed by atoms with van der Waals surface area (Å²) < 4.78 is 59.4. The maximum atomic E-state index is 13.6. The SMILES string of the molecule is CCC1C(OC2C3CCC(C3)C2C)C(F)(F)C1(F)F. The lowest BCUT2D eigenvalue weighted by Gasteiger charge is -2.52. The van der Waals surface area contributed by atoms with Crippen molar-refractivity contribution >= 4 is 0 Å². The van der Waals surface area contributed by atoms with E-state index < -0.39 is 23.9 Å². The molecule has 6 unspecified atom stereocenters. The normalized spacial score (nSPS) is 50.2. The molecule has 3 aliphatic rings. The molecule has 0 aromatic rings. The summed E-state index contributed by atoms with van der Waals surface area (Å²) in [6.45, 7) is 3.53. The van der Waals surface area contributed by atoms with E-state index >= 15 is 0 Å². The Morgan fingerprint density at radius 2 is 1.68 bits per heavy atom. The van der Waals surface area contributed by atoms with E-state index in [9.17, 15) is 17.6 Å². The van der Waals surface area contributed by atoms with Gasteiger partial charge in [0.05, 0.1) is 12.0 Å². The Balaban J connectivity index is 1.73. The Morgan fingerprint density at radius 1 is 1.05 bits per heavy atom. The molecule has 0 aromatic heterocycles. The topological polar surface area (TPSA) is 9.23 Å². The van der Waals surface area contributed by atoms with Gasteiger partial charge in [-0.3, -0.25) is 0 Å².